The molecule has 0 aromatic heterocycles. The molecule has 2 fully saturated rings. The van der Waals surface area contributed by atoms with Crippen LogP contribution < -0.4 is 10.1 Å². The van der Waals surface area contributed by atoms with Crippen molar-refractivity contribution < 1.29 is 4.74 Å². The van der Waals surface area contributed by atoms with Gasteiger partial charge in [0.2, 0.25) is 0 Å². The molecule has 92 valence electrons. The number of hydrogen-bond donors (Lipinski definition) is 1. The Labute approximate surface area is 103 Å². The maximum atomic E-state index is 5.88. The highest BCUT2D eigenvalue weighted by molar-refractivity contribution is 5.30. The van der Waals surface area contributed by atoms with Gasteiger partial charge in [-0.3, -0.25) is 0 Å². The zero-order valence-electron chi connectivity index (χ0n) is 10.3. The molecule has 1 saturated carbocycles. The zero-order chi connectivity index (χ0) is 11.5. The Morgan fingerprint density at radius 2 is 1.82 bits per heavy atom. The third kappa shape index (κ3) is 2.63. The van der Waals surface area contributed by atoms with Crippen molar-refractivity contribution in [2.45, 2.75) is 44.1 Å². The molecule has 2 heteroatoms. The highest BCUT2D eigenvalue weighted by Crippen LogP contribution is 2.28. The van der Waals surface area contributed by atoms with Gasteiger partial charge in [0.05, 0.1) is 6.10 Å². The topological polar surface area (TPSA) is 21.3 Å². The maximum Gasteiger partial charge on any atom is 0.119 e. The third-order valence-electron chi connectivity index (χ3n) is 4.00. The van der Waals surface area contributed by atoms with Gasteiger partial charge in [-0.25, -0.2) is 0 Å². The Morgan fingerprint density at radius 3 is 2.41 bits per heavy atom. The molecule has 2 aliphatic rings. The van der Waals surface area contributed by atoms with E-state index in [0.29, 0.717) is 12.0 Å². The summed E-state index contributed by atoms with van der Waals surface area (Å²) in [5, 5.41) is 3.47. The lowest BCUT2D eigenvalue weighted by molar-refractivity contribution is 0.120. The number of rotatable bonds is 3. The predicted octanol–water partition coefficient (Wildman–Crippen LogP) is 3.08. The van der Waals surface area contributed by atoms with Crippen LogP contribution in [0.1, 0.15) is 43.6 Å². The van der Waals surface area contributed by atoms with Gasteiger partial charge in [-0.15, -0.1) is 0 Å². The Bertz CT molecular complexity index is 350. The van der Waals surface area contributed by atoms with Gasteiger partial charge >= 0.3 is 0 Å². The van der Waals surface area contributed by atoms with E-state index in [0.717, 1.165) is 12.3 Å². The minimum Gasteiger partial charge on any atom is -0.490 e. The van der Waals surface area contributed by atoms with Crippen molar-refractivity contribution in [1.82, 2.24) is 5.32 Å². The van der Waals surface area contributed by atoms with Gasteiger partial charge in [-0.05, 0) is 62.3 Å². The van der Waals surface area contributed by atoms with Crippen LogP contribution >= 0.6 is 0 Å². The molecule has 17 heavy (non-hydrogen) atoms. The van der Waals surface area contributed by atoms with Crippen molar-refractivity contribution in [2.24, 2.45) is 0 Å². The Kier molecular flexibility index (Phi) is 3.32. The van der Waals surface area contributed by atoms with Gasteiger partial charge in [0.15, 0.2) is 0 Å². The number of ether oxygens (including phenoxy) is 1. The number of hydrogen-bond acceptors (Lipinski definition) is 2. The van der Waals surface area contributed by atoms with Crippen LogP contribution in [-0.2, 0) is 0 Å². The summed E-state index contributed by atoms with van der Waals surface area (Å²) in [5.41, 5.74) is 1.46. The van der Waals surface area contributed by atoms with Crippen LogP contribution in [0.15, 0.2) is 24.3 Å². The third-order valence-corrected chi connectivity index (χ3v) is 4.00. The summed E-state index contributed by atoms with van der Waals surface area (Å²) in [6.45, 7) is 2.31. The molecule has 1 aromatic rings. The van der Waals surface area contributed by atoms with E-state index < -0.39 is 0 Å². The molecule has 1 atom stereocenters. The number of benzene rings is 1. The molecule has 1 aromatic carbocycles. The maximum absolute atomic E-state index is 5.88. The Balaban J connectivity index is 1.62. The largest absolute Gasteiger partial charge is 0.490 e. The second kappa shape index (κ2) is 5.09. The fourth-order valence-electron chi connectivity index (χ4n) is 2.64. The van der Waals surface area contributed by atoms with E-state index in [9.17, 15) is 0 Å². The monoisotopic (exact) mass is 231 g/mol. The summed E-state index contributed by atoms with van der Waals surface area (Å²) < 4.78 is 5.88. The van der Waals surface area contributed by atoms with Gasteiger partial charge in [0.25, 0.3) is 0 Å². The van der Waals surface area contributed by atoms with Crippen molar-refractivity contribution in [3.63, 3.8) is 0 Å². The fraction of sp³-hybridized carbons (Fsp3) is 0.600. The average molecular weight is 231 g/mol. The first-order valence-electron chi connectivity index (χ1n) is 6.89. The molecule has 2 nitrogen and oxygen atoms in total. The lowest BCUT2D eigenvalue weighted by atomic mass is 9.91. The predicted molar refractivity (Wildman–Crippen MR) is 69.6 cm³/mol. The standard InChI is InChI=1S/C15H21NO/c1-4-14(5-1)17-15-8-6-12(7-9-15)13-3-2-10-16-11-13/h6-9,13-14,16H,1-5,10-11H2. The summed E-state index contributed by atoms with van der Waals surface area (Å²) >= 11 is 0. The van der Waals surface area contributed by atoms with Crippen molar-refractivity contribution in [3.8, 4) is 5.75 Å². The normalized spacial score (nSPS) is 25.3. The summed E-state index contributed by atoms with van der Waals surface area (Å²) in [6.07, 6.45) is 6.89. The summed E-state index contributed by atoms with van der Waals surface area (Å²) in [4.78, 5) is 0. The molecule has 0 spiro atoms. The van der Waals surface area contributed by atoms with Crippen molar-refractivity contribution >= 4 is 0 Å². The molecule has 1 aliphatic carbocycles. The van der Waals surface area contributed by atoms with Crippen LogP contribution in [0.5, 0.6) is 5.75 Å². The van der Waals surface area contributed by atoms with E-state index in [4.69, 9.17) is 4.74 Å². The smallest absolute Gasteiger partial charge is 0.119 e. The molecule has 1 N–H and O–H groups in total. The first kappa shape index (κ1) is 11.1. The second-order valence-electron chi connectivity index (χ2n) is 5.28. The van der Waals surface area contributed by atoms with Gasteiger partial charge in [-0.1, -0.05) is 12.1 Å². The minimum absolute atomic E-state index is 0.484. The van der Waals surface area contributed by atoms with Crippen LogP contribution in [0.3, 0.4) is 0 Å². The molecular formula is C15H21NO. The highest BCUT2D eigenvalue weighted by atomic mass is 16.5. The van der Waals surface area contributed by atoms with Gasteiger partial charge in [0.1, 0.15) is 5.75 Å². The SMILES string of the molecule is c1cc(C2CCCNC2)ccc1OC1CCC1. The molecule has 3 rings (SSSR count). The van der Waals surface area contributed by atoms with E-state index in [-0.39, 0.29) is 0 Å². The fourth-order valence-corrected chi connectivity index (χ4v) is 2.64. The van der Waals surface area contributed by atoms with Crippen LogP contribution in [0.2, 0.25) is 0 Å². The quantitative estimate of drug-likeness (QED) is 0.863. The second-order valence-corrected chi connectivity index (χ2v) is 5.28. The van der Waals surface area contributed by atoms with Gasteiger partial charge < -0.3 is 10.1 Å². The van der Waals surface area contributed by atoms with Gasteiger partial charge in [0, 0.05) is 6.54 Å². The van der Waals surface area contributed by atoms with E-state index in [2.05, 4.69) is 29.6 Å². The van der Waals surface area contributed by atoms with E-state index in [1.807, 2.05) is 0 Å². The lowest BCUT2D eigenvalue weighted by Crippen LogP contribution is -2.28. The van der Waals surface area contributed by atoms with Crippen LogP contribution in [0, 0.1) is 0 Å². The van der Waals surface area contributed by atoms with E-state index in [1.165, 1.54) is 44.2 Å². The molecule has 1 saturated heterocycles. The van der Waals surface area contributed by atoms with Crippen molar-refractivity contribution in [3.05, 3.63) is 29.8 Å². The van der Waals surface area contributed by atoms with Crippen LogP contribution in [0.4, 0.5) is 0 Å². The number of piperidine rings is 1. The van der Waals surface area contributed by atoms with Gasteiger partial charge in [-0.2, -0.15) is 0 Å². The molecular weight excluding hydrogens is 210 g/mol. The van der Waals surface area contributed by atoms with Crippen LogP contribution in [0.25, 0.3) is 0 Å². The molecule has 1 heterocycles. The average Bonchev–Trinajstić information content (AvgIpc) is 2.36. The first-order valence-corrected chi connectivity index (χ1v) is 6.89. The van der Waals surface area contributed by atoms with E-state index >= 15 is 0 Å². The molecule has 0 bridgehead atoms. The van der Waals surface area contributed by atoms with Crippen LogP contribution in [-0.4, -0.2) is 19.2 Å². The Hall–Kier alpha value is -1.02. The van der Waals surface area contributed by atoms with Crippen molar-refractivity contribution in [2.75, 3.05) is 13.1 Å². The highest BCUT2D eigenvalue weighted by Gasteiger charge is 2.19. The summed E-state index contributed by atoms with van der Waals surface area (Å²) in [5.74, 6) is 1.74. The molecule has 0 amide bonds. The molecule has 1 unspecified atom stereocenters. The molecule has 0 radical (unpaired) electrons. The summed E-state index contributed by atoms with van der Waals surface area (Å²) in [6, 6.07) is 8.77. The Morgan fingerprint density at radius 1 is 1.00 bits per heavy atom. The van der Waals surface area contributed by atoms with Crippen molar-refractivity contribution in [1.29, 1.82) is 0 Å². The zero-order valence-corrected chi connectivity index (χ0v) is 10.3. The first-order chi connectivity index (χ1) is 8.42. The lowest BCUT2D eigenvalue weighted by Gasteiger charge is -2.27. The molecule has 1 aliphatic heterocycles. The van der Waals surface area contributed by atoms with E-state index in [1.54, 1.807) is 0 Å². The number of nitrogens with one attached hydrogen (secondary N) is 1. The minimum atomic E-state index is 0.484. The summed E-state index contributed by atoms with van der Waals surface area (Å²) in [7, 11) is 0.